The molecule has 44 heavy (non-hydrogen) atoms. The number of benzene rings is 1. The van der Waals surface area contributed by atoms with Gasteiger partial charge in [-0.15, -0.1) is 0 Å². The van der Waals surface area contributed by atoms with E-state index >= 15 is 4.39 Å². The van der Waals surface area contributed by atoms with Crippen LogP contribution in [-0.4, -0.2) is 84.4 Å². The molecule has 11 nitrogen and oxygen atoms in total. The number of nitrogens with one attached hydrogen (secondary N) is 2. The van der Waals surface area contributed by atoms with Crippen molar-refractivity contribution >= 4 is 35.5 Å². The molecule has 1 aliphatic heterocycles. The van der Waals surface area contributed by atoms with E-state index in [1.165, 1.54) is 23.3 Å². The van der Waals surface area contributed by atoms with Crippen molar-refractivity contribution in [1.29, 1.82) is 0 Å². The SMILES string of the molecule is CCC(=O)N[C@H](Cc1ccc(NC(=O)[C@H](C2CCCCCC2)N(C=O)c2conc2CC)c(F)c1)C(=O)N1CCN(C)CC1. The number of hydrogen-bond acceptors (Lipinski definition) is 7. The monoisotopic (exact) mass is 612 g/mol. The molecule has 12 heteroatoms. The van der Waals surface area contributed by atoms with E-state index < -0.39 is 23.8 Å². The molecule has 1 aliphatic carbocycles. The van der Waals surface area contributed by atoms with E-state index in [4.69, 9.17) is 4.52 Å². The number of halogens is 1. The summed E-state index contributed by atoms with van der Waals surface area (Å²) in [6.45, 7) is 6.19. The minimum absolute atomic E-state index is 0.0243. The van der Waals surface area contributed by atoms with Gasteiger partial charge >= 0.3 is 0 Å². The summed E-state index contributed by atoms with van der Waals surface area (Å²) in [7, 11) is 1.99. The molecular formula is C32H45FN6O5. The Labute approximate surface area is 258 Å². The molecule has 2 atom stereocenters. The highest BCUT2D eigenvalue weighted by Crippen LogP contribution is 2.32. The van der Waals surface area contributed by atoms with Crippen LogP contribution in [-0.2, 0) is 32.0 Å². The van der Waals surface area contributed by atoms with Crippen LogP contribution in [0.25, 0.3) is 0 Å². The van der Waals surface area contributed by atoms with Gasteiger partial charge in [-0.2, -0.15) is 0 Å². The van der Waals surface area contributed by atoms with Gasteiger partial charge in [0.25, 0.3) is 0 Å². The topological polar surface area (TPSA) is 128 Å². The molecule has 1 aromatic heterocycles. The van der Waals surface area contributed by atoms with Gasteiger partial charge in [-0.1, -0.05) is 50.8 Å². The van der Waals surface area contributed by atoms with Crippen molar-refractivity contribution in [2.75, 3.05) is 43.4 Å². The maximum Gasteiger partial charge on any atom is 0.247 e. The summed E-state index contributed by atoms with van der Waals surface area (Å²) in [6, 6.07) is 2.69. The third-order valence-electron chi connectivity index (χ3n) is 8.76. The van der Waals surface area contributed by atoms with Crippen LogP contribution >= 0.6 is 0 Å². The number of rotatable bonds is 12. The summed E-state index contributed by atoms with van der Waals surface area (Å²) in [5.41, 5.74) is 1.49. The molecule has 0 unspecified atom stereocenters. The van der Waals surface area contributed by atoms with Crippen molar-refractivity contribution in [3.63, 3.8) is 0 Å². The lowest BCUT2D eigenvalue weighted by Gasteiger charge is -2.35. The average molecular weight is 613 g/mol. The van der Waals surface area contributed by atoms with Crippen LogP contribution in [0.3, 0.4) is 0 Å². The number of carbonyl (C=O) groups is 4. The van der Waals surface area contributed by atoms with Gasteiger partial charge in [-0.05, 0) is 49.9 Å². The number of amides is 4. The standard InChI is InChI=1S/C32H45FN6O5/c1-4-25-28(20-44-36-25)39(21-40)30(23-10-8-6-7-9-11-23)31(42)35-26-13-12-22(18-24(26)33)19-27(34-29(41)5-2)32(43)38-16-14-37(3)15-17-38/h12-13,18,20-21,23,27,30H,4-11,14-17,19H2,1-3H3,(H,34,41)(H,35,42)/t27-,30+/m1/s1. The summed E-state index contributed by atoms with van der Waals surface area (Å²) in [6.07, 6.45) is 8.39. The molecule has 0 radical (unpaired) electrons. The van der Waals surface area contributed by atoms with E-state index in [0.29, 0.717) is 42.9 Å². The second-order valence-electron chi connectivity index (χ2n) is 11.8. The Balaban J connectivity index is 1.54. The second-order valence-corrected chi connectivity index (χ2v) is 11.8. The zero-order valence-electron chi connectivity index (χ0n) is 26.0. The van der Waals surface area contributed by atoms with E-state index in [1.807, 2.05) is 14.0 Å². The van der Waals surface area contributed by atoms with Crippen LogP contribution in [0.5, 0.6) is 0 Å². The fourth-order valence-electron chi connectivity index (χ4n) is 6.15. The van der Waals surface area contributed by atoms with Crippen LogP contribution in [0.4, 0.5) is 15.8 Å². The van der Waals surface area contributed by atoms with Crippen molar-refractivity contribution in [3.8, 4) is 0 Å². The molecular weight excluding hydrogens is 567 g/mol. The van der Waals surface area contributed by atoms with Gasteiger partial charge in [0.2, 0.25) is 24.1 Å². The number of aromatic nitrogens is 1. The number of likely N-dealkylation sites (N-methyl/N-ethyl adjacent to an activating group) is 1. The molecule has 1 aromatic carbocycles. The molecule has 1 saturated carbocycles. The highest BCUT2D eigenvalue weighted by molar-refractivity contribution is 6.00. The number of anilines is 2. The zero-order chi connectivity index (χ0) is 31.6. The first-order valence-electron chi connectivity index (χ1n) is 15.8. The maximum absolute atomic E-state index is 15.5. The predicted octanol–water partition coefficient (Wildman–Crippen LogP) is 3.53. The largest absolute Gasteiger partial charge is 0.362 e. The van der Waals surface area contributed by atoms with Gasteiger partial charge in [-0.3, -0.25) is 24.1 Å². The van der Waals surface area contributed by atoms with Gasteiger partial charge in [-0.25, -0.2) is 4.39 Å². The Hall–Kier alpha value is -3.80. The molecule has 2 aliphatic rings. The van der Waals surface area contributed by atoms with Crippen molar-refractivity contribution in [2.45, 2.75) is 83.7 Å². The molecule has 0 bridgehead atoms. The Morgan fingerprint density at radius 1 is 1.11 bits per heavy atom. The molecule has 2 aromatic rings. The molecule has 1 saturated heterocycles. The number of nitrogens with zero attached hydrogens (tertiary/aromatic N) is 4. The third kappa shape index (κ3) is 8.22. The Morgan fingerprint density at radius 2 is 1.82 bits per heavy atom. The lowest BCUT2D eigenvalue weighted by Crippen LogP contribution is -2.54. The quantitative estimate of drug-likeness (QED) is 0.277. The first kappa shape index (κ1) is 33.1. The molecule has 2 fully saturated rings. The number of piperazine rings is 1. The molecule has 4 rings (SSSR count). The first-order valence-corrected chi connectivity index (χ1v) is 15.8. The maximum atomic E-state index is 15.5. The summed E-state index contributed by atoms with van der Waals surface area (Å²) in [5.74, 6) is -1.73. The van der Waals surface area contributed by atoms with E-state index in [-0.39, 0.29) is 36.3 Å². The molecule has 0 spiro atoms. The Bertz CT molecular complexity index is 1290. The lowest BCUT2D eigenvalue weighted by molar-refractivity contribution is -0.137. The third-order valence-corrected chi connectivity index (χ3v) is 8.76. The number of carbonyl (C=O) groups excluding carboxylic acids is 4. The van der Waals surface area contributed by atoms with Crippen LogP contribution in [0.15, 0.2) is 29.0 Å². The van der Waals surface area contributed by atoms with Crippen molar-refractivity contribution in [3.05, 3.63) is 41.5 Å². The van der Waals surface area contributed by atoms with E-state index in [9.17, 15) is 19.2 Å². The lowest BCUT2D eigenvalue weighted by atomic mass is 9.89. The fourth-order valence-corrected chi connectivity index (χ4v) is 6.15. The number of aryl methyl sites for hydroxylation is 1. The van der Waals surface area contributed by atoms with E-state index in [0.717, 1.165) is 51.6 Å². The normalized spacial score (nSPS) is 17.8. The zero-order valence-corrected chi connectivity index (χ0v) is 26.0. The van der Waals surface area contributed by atoms with Gasteiger partial charge in [0.15, 0.2) is 0 Å². The summed E-state index contributed by atoms with van der Waals surface area (Å²) in [4.78, 5) is 57.1. The highest BCUT2D eigenvalue weighted by Gasteiger charge is 2.36. The summed E-state index contributed by atoms with van der Waals surface area (Å²) < 4.78 is 20.7. The van der Waals surface area contributed by atoms with Crippen LogP contribution in [0.1, 0.15) is 70.1 Å². The summed E-state index contributed by atoms with van der Waals surface area (Å²) >= 11 is 0. The van der Waals surface area contributed by atoms with Gasteiger partial charge < -0.3 is 25.0 Å². The highest BCUT2D eigenvalue weighted by atomic mass is 19.1. The van der Waals surface area contributed by atoms with Crippen molar-refractivity contribution in [1.82, 2.24) is 20.3 Å². The van der Waals surface area contributed by atoms with E-state index in [1.54, 1.807) is 17.9 Å². The van der Waals surface area contributed by atoms with E-state index in [2.05, 4.69) is 20.7 Å². The van der Waals surface area contributed by atoms with Crippen LogP contribution in [0, 0.1) is 11.7 Å². The minimum atomic E-state index is -0.871. The molecule has 240 valence electrons. The predicted molar refractivity (Wildman–Crippen MR) is 164 cm³/mol. The minimum Gasteiger partial charge on any atom is -0.362 e. The van der Waals surface area contributed by atoms with Crippen molar-refractivity contribution < 1.29 is 28.1 Å². The fraction of sp³-hybridized carbons (Fsp3) is 0.594. The molecule has 2 N–H and O–H groups in total. The Kier molecular flexibility index (Phi) is 11.9. The second kappa shape index (κ2) is 15.8. The van der Waals surface area contributed by atoms with Gasteiger partial charge in [0.05, 0.1) is 5.69 Å². The molecule has 4 amide bonds. The Morgan fingerprint density at radius 3 is 2.43 bits per heavy atom. The van der Waals surface area contributed by atoms with Gasteiger partial charge in [0.1, 0.15) is 35.5 Å². The summed E-state index contributed by atoms with van der Waals surface area (Å²) in [5, 5.41) is 9.51. The smallest absolute Gasteiger partial charge is 0.247 e. The van der Waals surface area contributed by atoms with Crippen molar-refractivity contribution in [2.24, 2.45) is 5.92 Å². The van der Waals surface area contributed by atoms with Crippen LogP contribution in [0.2, 0.25) is 0 Å². The van der Waals surface area contributed by atoms with Crippen LogP contribution < -0.4 is 15.5 Å². The number of hydrogen-bond donors (Lipinski definition) is 2. The first-order chi connectivity index (χ1) is 21.2. The average Bonchev–Trinajstić information content (AvgIpc) is 3.34. The molecule has 2 heterocycles. The van der Waals surface area contributed by atoms with Gasteiger partial charge in [0, 0.05) is 39.0 Å².